The van der Waals surface area contributed by atoms with Crippen molar-refractivity contribution in [1.29, 1.82) is 5.26 Å². The van der Waals surface area contributed by atoms with Gasteiger partial charge in [-0.2, -0.15) is 5.26 Å². The van der Waals surface area contributed by atoms with Gasteiger partial charge < -0.3 is 16.2 Å². The lowest BCUT2D eigenvalue weighted by Gasteiger charge is -2.10. The van der Waals surface area contributed by atoms with Gasteiger partial charge in [0.15, 0.2) is 11.5 Å². The van der Waals surface area contributed by atoms with Gasteiger partial charge >= 0.3 is 5.97 Å². The zero-order valence-electron chi connectivity index (χ0n) is 10.1. The van der Waals surface area contributed by atoms with E-state index in [1.165, 1.54) is 18.2 Å². The van der Waals surface area contributed by atoms with Gasteiger partial charge in [-0.25, -0.2) is 9.78 Å². The van der Waals surface area contributed by atoms with Gasteiger partial charge in [-0.3, -0.25) is 0 Å². The number of carbonyl (C=O) groups is 1. The molecule has 1 aromatic carbocycles. The molecule has 0 saturated carbocycles. The first-order valence-corrected chi connectivity index (χ1v) is 5.85. The highest BCUT2D eigenvalue weighted by Crippen LogP contribution is 2.26. The predicted molar refractivity (Wildman–Crippen MR) is 75.1 cm³/mol. The Bertz CT molecular complexity index is 725. The summed E-state index contributed by atoms with van der Waals surface area (Å²) in [5.41, 5.74) is 6.59. The molecule has 4 N–H and O–H groups in total. The maximum absolute atomic E-state index is 10.9. The average Bonchev–Trinajstić information content (AvgIpc) is 2.41. The van der Waals surface area contributed by atoms with E-state index >= 15 is 0 Å². The van der Waals surface area contributed by atoms with Crippen LogP contribution in [-0.2, 0) is 0 Å². The maximum atomic E-state index is 10.9. The first-order valence-electron chi connectivity index (χ1n) is 5.47. The number of hydrogen-bond acceptors (Lipinski definition) is 5. The van der Waals surface area contributed by atoms with Gasteiger partial charge in [0, 0.05) is 5.02 Å². The van der Waals surface area contributed by atoms with E-state index in [1.807, 2.05) is 6.07 Å². The van der Waals surface area contributed by atoms with E-state index in [-0.39, 0.29) is 17.2 Å². The molecular formula is C13H9ClN4O2. The van der Waals surface area contributed by atoms with Crippen LogP contribution < -0.4 is 11.1 Å². The molecule has 0 aliphatic carbocycles. The summed E-state index contributed by atoms with van der Waals surface area (Å²) < 4.78 is 0. The summed E-state index contributed by atoms with van der Waals surface area (Å²) >= 11 is 5.87. The number of nitrogen functional groups attached to an aromatic ring is 1. The van der Waals surface area contributed by atoms with Crippen molar-refractivity contribution >= 4 is 34.8 Å². The molecule has 0 bridgehead atoms. The van der Waals surface area contributed by atoms with Crippen molar-refractivity contribution < 1.29 is 9.90 Å². The summed E-state index contributed by atoms with van der Waals surface area (Å²) in [6.45, 7) is 0. The lowest BCUT2D eigenvalue weighted by atomic mass is 10.2. The second-order valence-electron chi connectivity index (χ2n) is 3.87. The quantitative estimate of drug-likeness (QED) is 0.800. The van der Waals surface area contributed by atoms with E-state index < -0.39 is 5.97 Å². The third-order valence-electron chi connectivity index (χ3n) is 2.50. The molecule has 1 heterocycles. The fourth-order valence-corrected chi connectivity index (χ4v) is 1.71. The maximum Gasteiger partial charge on any atom is 0.354 e. The minimum absolute atomic E-state index is 0.151. The number of hydrogen-bond donors (Lipinski definition) is 3. The van der Waals surface area contributed by atoms with Crippen molar-refractivity contribution in [2.24, 2.45) is 0 Å². The number of nitriles is 1. The molecule has 1 aromatic heterocycles. The number of rotatable bonds is 3. The Hall–Kier alpha value is -2.78. The van der Waals surface area contributed by atoms with E-state index in [2.05, 4.69) is 10.3 Å². The highest BCUT2D eigenvalue weighted by atomic mass is 35.5. The van der Waals surface area contributed by atoms with Crippen molar-refractivity contribution in [2.75, 3.05) is 11.1 Å². The summed E-state index contributed by atoms with van der Waals surface area (Å²) in [4.78, 5) is 14.8. The number of nitrogens with zero attached hydrogens (tertiary/aromatic N) is 2. The van der Waals surface area contributed by atoms with Crippen molar-refractivity contribution in [1.82, 2.24) is 4.98 Å². The Kier molecular flexibility index (Phi) is 3.73. The second kappa shape index (κ2) is 5.47. The lowest BCUT2D eigenvalue weighted by Crippen LogP contribution is -2.06. The number of aromatic carboxylic acids is 1. The molecule has 20 heavy (non-hydrogen) atoms. The van der Waals surface area contributed by atoms with Crippen molar-refractivity contribution in [2.45, 2.75) is 0 Å². The number of nitrogens with two attached hydrogens (primary N) is 1. The first kappa shape index (κ1) is 13.6. The predicted octanol–water partition coefficient (Wildman–Crippen LogP) is 2.63. The Balaban J connectivity index is 2.44. The van der Waals surface area contributed by atoms with Crippen LogP contribution in [0.3, 0.4) is 0 Å². The number of carboxylic acids is 1. The molecule has 2 aromatic rings. The second-order valence-corrected chi connectivity index (χ2v) is 4.30. The van der Waals surface area contributed by atoms with Crippen LogP contribution in [0.2, 0.25) is 5.02 Å². The van der Waals surface area contributed by atoms with Crippen LogP contribution in [0, 0.1) is 11.3 Å². The third kappa shape index (κ3) is 2.79. The smallest absolute Gasteiger partial charge is 0.354 e. The lowest BCUT2D eigenvalue weighted by molar-refractivity contribution is 0.0690. The van der Waals surface area contributed by atoms with Gasteiger partial charge in [-0.05, 0) is 30.3 Å². The Morgan fingerprint density at radius 1 is 1.40 bits per heavy atom. The van der Waals surface area contributed by atoms with E-state index in [4.69, 9.17) is 27.7 Å². The fourth-order valence-electron chi connectivity index (χ4n) is 1.53. The molecule has 6 nitrogen and oxygen atoms in total. The number of anilines is 3. The standard InChI is InChI=1S/C13H9ClN4O2/c14-8-2-1-7(6-15)11(5-8)18-12-9(16)3-4-10(17-12)13(19)20/h1-5H,16H2,(H,17,18)(H,19,20). The average molecular weight is 289 g/mol. The molecule has 0 aliphatic heterocycles. The van der Waals surface area contributed by atoms with Crippen LogP contribution in [0.5, 0.6) is 0 Å². The van der Waals surface area contributed by atoms with Crippen LogP contribution in [0.1, 0.15) is 16.1 Å². The Labute approximate surface area is 119 Å². The Morgan fingerprint density at radius 3 is 2.80 bits per heavy atom. The molecule has 0 fully saturated rings. The monoisotopic (exact) mass is 288 g/mol. The zero-order chi connectivity index (χ0) is 14.7. The SMILES string of the molecule is N#Cc1ccc(Cl)cc1Nc1nc(C(=O)O)ccc1N. The van der Waals surface area contributed by atoms with Crippen LogP contribution in [0.4, 0.5) is 17.2 Å². The van der Waals surface area contributed by atoms with Crippen LogP contribution in [0.15, 0.2) is 30.3 Å². The van der Waals surface area contributed by atoms with Gasteiger partial charge in [0.1, 0.15) is 6.07 Å². The third-order valence-corrected chi connectivity index (χ3v) is 2.74. The summed E-state index contributed by atoms with van der Waals surface area (Å²) in [5.74, 6) is -1.01. The molecular weight excluding hydrogens is 280 g/mol. The largest absolute Gasteiger partial charge is 0.477 e. The van der Waals surface area contributed by atoms with Crippen LogP contribution in [0.25, 0.3) is 0 Å². The molecule has 0 amide bonds. The number of pyridine rings is 1. The molecule has 7 heteroatoms. The van der Waals surface area contributed by atoms with E-state index in [1.54, 1.807) is 12.1 Å². The van der Waals surface area contributed by atoms with Crippen LogP contribution >= 0.6 is 11.6 Å². The highest BCUT2D eigenvalue weighted by molar-refractivity contribution is 6.30. The van der Waals surface area contributed by atoms with E-state index in [0.717, 1.165) is 0 Å². The molecule has 0 radical (unpaired) electrons. The normalized spacial score (nSPS) is 9.80. The number of carboxylic acid groups (broad SMARTS) is 1. The molecule has 0 aliphatic rings. The molecule has 100 valence electrons. The fraction of sp³-hybridized carbons (Fsp3) is 0. The number of benzene rings is 1. The van der Waals surface area contributed by atoms with Gasteiger partial charge in [0.25, 0.3) is 0 Å². The number of halogens is 1. The van der Waals surface area contributed by atoms with E-state index in [9.17, 15) is 4.79 Å². The Morgan fingerprint density at radius 2 is 2.15 bits per heavy atom. The minimum Gasteiger partial charge on any atom is -0.477 e. The van der Waals surface area contributed by atoms with Crippen molar-refractivity contribution in [3.63, 3.8) is 0 Å². The van der Waals surface area contributed by atoms with Gasteiger partial charge in [0.2, 0.25) is 0 Å². The summed E-state index contributed by atoms with van der Waals surface area (Å²) in [5, 5.41) is 21.2. The molecule has 2 rings (SSSR count). The van der Waals surface area contributed by atoms with E-state index in [0.29, 0.717) is 16.3 Å². The van der Waals surface area contributed by atoms with Crippen molar-refractivity contribution in [3.05, 3.63) is 46.6 Å². The first-order chi connectivity index (χ1) is 9.51. The number of nitrogens with one attached hydrogen (secondary N) is 1. The van der Waals surface area contributed by atoms with Gasteiger partial charge in [-0.15, -0.1) is 0 Å². The highest BCUT2D eigenvalue weighted by Gasteiger charge is 2.11. The van der Waals surface area contributed by atoms with Crippen molar-refractivity contribution in [3.8, 4) is 6.07 Å². The summed E-state index contributed by atoms with van der Waals surface area (Å²) in [6.07, 6.45) is 0. The number of aromatic nitrogens is 1. The van der Waals surface area contributed by atoms with Gasteiger partial charge in [-0.1, -0.05) is 11.6 Å². The topological polar surface area (TPSA) is 112 Å². The molecule has 0 spiro atoms. The molecule has 0 saturated heterocycles. The summed E-state index contributed by atoms with van der Waals surface area (Å²) in [6, 6.07) is 9.38. The summed E-state index contributed by atoms with van der Waals surface area (Å²) in [7, 11) is 0. The zero-order valence-corrected chi connectivity index (χ0v) is 10.8. The molecule has 0 unspecified atom stereocenters. The van der Waals surface area contributed by atoms with Crippen LogP contribution in [-0.4, -0.2) is 16.1 Å². The van der Waals surface area contributed by atoms with Gasteiger partial charge in [0.05, 0.1) is 16.9 Å². The minimum atomic E-state index is -1.17. The molecule has 0 atom stereocenters.